The molecule has 0 bridgehead atoms. The smallest absolute Gasteiger partial charge is 0.264 e. The number of benzene rings is 3. The van der Waals surface area contributed by atoms with E-state index in [1.165, 1.54) is 23.1 Å². The Labute approximate surface area is 251 Å². The predicted octanol–water partition coefficient (Wildman–Crippen LogP) is 6.56. The van der Waals surface area contributed by atoms with Gasteiger partial charge in [0.1, 0.15) is 12.6 Å². The fourth-order valence-electron chi connectivity index (χ4n) is 4.09. The maximum absolute atomic E-state index is 14.1. The lowest BCUT2D eigenvalue weighted by atomic mass is 10.1. The number of rotatable bonds is 10. The molecule has 0 aliphatic rings. The Morgan fingerprint density at radius 2 is 1.50 bits per heavy atom. The summed E-state index contributed by atoms with van der Waals surface area (Å²) in [5, 5.41) is 3.73. The van der Waals surface area contributed by atoms with E-state index in [0.29, 0.717) is 15.6 Å². The van der Waals surface area contributed by atoms with E-state index in [1.807, 2.05) is 20.8 Å². The number of amides is 2. The Kier molecular flexibility index (Phi) is 10.5. The first-order valence-corrected chi connectivity index (χ1v) is 15.2. The SMILES string of the molecule is CC[C@@H](C(=O)NC(C)(C)C)N(Cc1ccc(Cl)c(Cl)c1)C(=O)CN(c1ccccc1Cl)S(=O)(=O)c1ccccc1. The maximum atomic E-state index is 14.1. The van der Waals surface area contributed by atoms with Crippen LogP contribution in [0.4, 0.5) is 5.69 Å². The summed E-state index contributed by atoms with van der Waals surface area (Å²) in [4.78, 5) is 28.8. The van der Waals surface area contributed by atoms with E-state index < -0.39 is 34.1 Å². The van der Waals surface area contributed by atoms with Gasteiger partial charge in [-0.15, -0.1) is 0 Å². The van der Waals surface area contributed by atoms with Crippen molar-refractivity contribution >= 4 is 62.3 Å². The average molecular weight is 625 g/mol. The van der Waals surface area contributed by atoms with Crippen molar-refractivity contribution < 1.29 is 18.0 Å². The molecular weight excluding hydrogens is 593 g/mol. The molecular formula is C29H32Cl3N3O4S. The van der Waals surface area contributed by atoms with Crippen LogP contribution in [-0.2, 0) is 26.2 Å². The van der Waals surface area contributed by atoms with Crippen LogP contribution in [0, 0.1) is 0 Å². The van der Waals surface area contributed by atoms with Gasteiger partial charge in [-0.25, -0.2) is 8.42 Å². The minimum atomic E-state index is -4.21. The second-order valence-corrected chi connectivity index (χ2v) is 13.3. The van der Waals surface area contributed by atoms with Gasteiger partial charge in [0.25, 0.3) is 10.0 Å². The van der Waals surface area contributed by atoms with Gasteiger partial charge in [-0.1, -0.05) is 78.1 Å². The lowest BCUT2D eigenvalue weighted by Crippen LogP contribution is -2.55. The quantitative estimate of drug-likeness (QED) is 0.277. The van der Waals surface area contributed by atoms with Gasteiger partial charge >= 0.3 is 0 Å². The summed E-state index contributed by atoms with van der Waals surface area (Å²) in [5.41, 5.74) is 0.214. The van der Waals surface area contributed by atoms with Gasteiger partial charge in [-0.05, 0) is 69.2 Å². The molecule has 214 valence electrons. The highest BCUT2D eigenvalue weighted by Crippen LogP contribution is 2.31. The fourth-order valence-corrected chi connectivity index (χ4v) is 6.16. The number of sulfonamides is 1. The number of anilines is 1. The van der Waals surface area contributed by atoms with Crippen molar-refractivity contribution in [1.29, 1.82) is 0 Å². The molecule has 40 heavy (non-hydrogen) atoms. The van der Waals surface area contributed by atoms with Gasteiger partial charge in [0.05, 0.1) is 25.7 Å². The number of nitrogens with one attached hydrogen (secondary N) is 1. The van der Waals surface area contributed by atoms with Crippen LogP contribution in [0.3, 0.4) is 0 Å². The first kappa shape index (κ1) is 31.7. The Balaban J connectivity index is 2.09. The molecule has 0 aromatic heterocycles. The molecule has 0 saturated heterocycles. The van der Waals surface area contributed by atoms with Gasteiger partial charge in [0.2, 0.25) is 11.8 Å². The Hall–Kier alpha value is -2.78. The van der Waals surface area contributed by atoms with Crippen molar-refractivity contribution in [3.05, 3.63) is 93.4 Å². The highest BCUT2D eigenvalue weighted by molar-refractivity contribution is 7.92. The second-order valence-electron chi connectivity index (χ2n) is 10.2. The Bertz CT molecular complexity index is 1460. The number of carbonyl (C=O) groups excluding carboxylic acids is 2. The molecule has 0 heterocycles. The summed E-state index contributed by atoms with van der Waals surface area (Å²) in [5.74, 6) is -0.958. The summed E-state index contributed by atoms with van der Waals surface area (Å²) >= 11 is 18.8. The number of hydrogen-bond acceptors (Lipinski definition) is 4. The number of halogens is 3. The molecule has 2 amide bonds. The lowest BCUT2D eigenvalue weighted by molar-refractivity contribution is -0.141. The van der Waals surface area contributed by atoms with Gasteiger partial charge in [-0.2, -0.15) is 0 Å². The molecule has 1 atom stereocenters. The van der Waals surface area contributed by atoms with E-state index in [4.69, 9.17) is 34.8 Å². The van der Waals surface area contributed by atoms with Gasteiger partial charge < -0.3 is 10.2 Å². The van der Waals surface area contributed by atoms with Crippen molar-refractivity contribution in [2.45, 2.75) is 57.1 Å². The molecule has 0 aliphatic heterocycles. The monoisotopic (exact) mass is 623 g/mol. The number of carbonyl (C=O) groups is 2. The predicted molar refractivity (Wildman–Crippen MR) is 161 cm³/mol. The van der Waals surface area contributed by atoms with Crippen LogP contribution in [0.1, 0.15) is 39.7 Å². The largest absolute Gasteiger partial charge is 0.350 e. The molecule has 0 aliphatic carbocycles. The second kappa shape index (κ2) is 13.3. The fraction of sp³-hybridized carbons (Fsp3) is 0.310. The third kappa shape index (κ3) is 7.91. The van der Waals surface area contributed by atoms with E-state index in [2.05, 4.69) is 5.32 Å². The van der Waals surface area contributed by atoms with E-state index in [9.17, 15) is 18.0 Å². The molecule has 11 heteroatoms. The molecule has 0 unspecified atom stereocenters. The Morgan fingerprint density at radius 1 is 0.875 bits per heavy atom. The number of para-hydroxylation sites is 1. The van der Waals surface area contributed by atoms with Crippen molar-refractivity contribution in [3.8, 4) is 0 Å². The summed E-state index contributed by atoms with van der Waals surface area (Å²) in [6, 6.07) is 18.2. The zero-order chi connectivity index (χ0) is 29.7. The molecule has 1 N–H and O–H groups in total. The summed E-state index contributed by atoms with van der Waals surface area (Å²) in [7, 11) is -4.21. The standard InChI is InChI=1S/C29H32Cl3N3O4S/c1-5-25(28(37)33-29(2,3)4)34(18-20-15-16-22(30)24(32)17-20)27(36)19-35(26-14-10-9-13-23(26)31)40(38,39)21-11-7-6-8-12-21/h6-17,25H,5,18-19H2,1-4H3,(H,33,37)/t25-/m0/s1. The molecule has 0 saturated carbocycles. The van der Waals surface area contributed by atoms with Crippen LogP contribution in [0.25, 0.3) is 0 Å². The molecule has 3 aromatic carbocycles. The molecule has 7 nitrogen and oxygen atoms in total. The van der Waals surface area contributed by atoms with Crippen molar-refractivity contribution in [2.24, 2.45) is 0 Å². The van der Waals surface area contributed by atoms with Crippen molar-refractivity contribution in [2.75, 3.05) is 10.8 Å². The zero-order valence-electron chi connectivity index (χ0n) is 22.7. The topological polar surface area (TPSA) is 86.8 Å². The number of nitrogens with zero attached hydrogens (tertiary/aromatic N) is 2. The third-order valence-corrected chi connectivity index (χ3v) is 8.78. The molecule has 0 fully saturated rings. The first-order chi connectivity index (χ1) is 18.7. The Morgan fingerprint density at radius 3 is 2.08 bits per heavy atom. The molecule has 3 aromatic rings. The van der Waals surface area contributed by atoms with Crippen LogP contribution < -0.4 is 9.62 Å². The van der Waals surface area contributed by atoms with E-state index >= 15 is 0 Å². The van der Waals surface area contributed by atoms with Gasteiger partial charge in [0, 0.05) is 12.1 Å². The summed E-state index contributed by atoms with van der Waals surface area (Å²) in [6.07, 6.45) is 0.284. The highest BCUT2D eigenvalue weighted by atomic mass is 35.5. The van der Waals surface area contributed by atoms with E-state index in [-0.39, 0.29) is 34.5 Å². The lowest BCUT2D eigenvalue weighted by Gasteiger charge is -2.35. The van der Waals surface area contributed by atoms with E-state index in [0.717, 1.165) is 4.31 Å². The molecule has 0 radical (unpaired) electrons. The number of hydrogen-bond donors (Lipinski definition) is 1. The van der Waals surface area contributed by atoms with Crippen LogP contribution in [0.2, 0.25) is 15.1 Å². The molecule has 0 spiro atoms. The average Bonchev–Trinajstić information content (AvgIpc) is 2.89. The third-order valence-electron chi connectivity index (χ3n) is 5.95. The van der Waals surface area contributed by atoms with Crippen LogP contribution >= 0.6 is 34.8 Å². The van der Waals surface area contributed by atoms with Gasteiger partial charge in [-0.3, -0.25) is 13.9 Å². The minimum absolute atomic E-state index is 0.00345. The normalized spacial score (nSPS) is 12.5. The maximum Gasteiger partial charge on any atom is 0.264 e. The highest BCUT2D eigenvalue weighted by Gasteiger charge is 2.35. The molecule has 3 rings (SSSR count). The first-order valence-electron chi connectivity index (χ1n) is 12.6. The minimum Gasteiger partial charge on any atom is -0.350 e. The van der Waals surface area contributed by atoms with Crippen LogP contribution in [0.5, 0.6) is 0 Å². The van der Waals surface area contributed by atoms with Crippen LogP contribution in [0.15, 0.2) is 77.7 Å². The zero-order valence-corrected chi connectivity index (χ0v) is 25.8. The van der Waals surface area contributed by atoms with Crippen molar-refractivity contribution in [1.82, 2.24) is 10.2 Å². The van der Waals surface area contributed by atoms with Crippen molar-refractivity contribution in [3.63, 3.8) is 0 Å². The van der Waals surface area contributed by atoms with Gasteiger partial charge in [0.15, 0.2) is 0 Å². The van der Waals surface area contributed by atoms with E-state index in [1.54, 1.807) is 61.5 Å². The summed E-state index contributed by atoms with van der Waals surface area (Å²) < 4.78 is 28.6. The van der Waals surface area contributed by atoms with Crippen LogP contribution in [-0.4, -0.2) is 43.3 Å². The summed E-state index contributed by atoms with van der Waals surface area (Å²) in [6.45, 7) is 6.71.